The molecule has 6 heteroatoms. The van der Waals surface area contributed by atoms with Gasteiger partial charge in [-0.2, -0.15) is 0 Å². The molecule has 2 aromatic heterocycles. The molecule has 4 rings (SSSR count). The van der Waals surface area contributed by atoms with Crippen LogP contribution < -0.4 is 5.46 Å². The number of hydrogen-bond acceptors (Lipinski definition) is 4. The molecule has 0 saturated carbocycles. The van der Waals surface area contributed by atoms with E-state index in [1.54, 1.807) is 12.4 Å². The Labute approximate surface area is 143 Å². The molecule has 0 N–H and O–H groups in total. The molecule has 0 unspecified atom stereocenters. The van der Waals surface area contributed by atoms with E-state index in [0.717, 1.165) is 29.3 Å². The van der Waals surface area contributed by atoms with E-state index in [4.69, 9.17) is 9.07 Å². The molecule has 1 saturated heterocycles. The monoisotopic (exact) mass is 318 g/mol. The van der Waals surface area contributed by atoms with Crippen LogP contribution in [0.15, 0.2) is 47.1 Å². The summed E-state index contributed by atoms with van der Waals surface area (Å²) >= 11 is 0. The van der Waals surface area contributed by atoms with Crippen LogP contribution in [0.5, 0.6) is 0 Å². The molecule has 0 atom stereocenters. The third-order valence-corrected chi connectivity index (χ3v) is 5.45. The van der Waals surface area contributed by atoms with E-state index in [2.05, 4.69) is 49.8 Å². The van der Waals surface area contributed by atoms with Crippen molar-refractivity contribution < 1.29 is 9.07 Å². The number of pyridine rings is 1. The third kappa shape index (κ3) is 2.46. The highest BCUT2D eigenvalue weighted by molar-refractivity contribution is 7.18. The van der Waals surface area contributed by atoms with Gasteiger partial charge in [-0.05, 0) is 43.4 Å². The second kappa shape index (κ2) is 5.21. The lowest BCUT2D eigenvalue weighted by Crippen LogP contribution is -2.36. The molecule has 4 nitrogen and oxygen atoms in total. The van der Waals surface area contributed by atoms with E-state index in [1.165, 1.54) is 0 Å². The molecule has 1 fully saturated rings. The number of fused-ring (bicyclic) bond motifs is 1. The van der Waals surface area contributed by atoms with Gasteiger partial charge in [0.25, 0.3) is 6.81 Å². The van der Waals surface area contributed by atoms with Gasteiger partial charge in [0.1, 0.15) is 12.7 Å². The van der Waals surface area contributed by atoms with Gasteiger partial charge in [-0.15, -0.1) is 0 Å². The van der Waals surface area contributed by atoms with Gasteiger partial charge >= 0.3 is 0 Å². The highest BCUT2D eigenvalue weighted by Gasteiger charge is 2.50. The van der Waals surface area contributed by atoms with Crippen LogP contribution in [0, 0.1) is 0 Å². The average Bonchev–Trinajstić information content (AvgIpc) is 3.06. The molecule has 1 aliphatic heterocycles. The predicted molar refractivity (Wildman–Crippen MR) is 99.0 cm³/mol. The minimum absolute atomic E-state index is 0.0953. The molecule has 1 aliphatic rings. The van der Waals surface area contributed by atoms with Crippen molar-refractivity contribution in [3.63, 3.8) is 0 Å². The lowest BCUT2D eigenvalue weighted by molar-refractivity contribution is 0.0881. The Balaban J connectivity index is 1.70. The maximum absolute atomic E-state index is 6.32. The van der Waals surface area contributed by atoms with Crippen molar-refractivity contribution in [3.8, 4) is 11.5 Å². The number of nitrogens with zero attached hydrogens (tertiary/aromatic N) is 2. The summed E-state index contributed by atoms with van der Waals surface area (Å²) in [6, 6.07) is 9.98. The number of oxazole rings is 1. The smallest absolute Gasteiger partial charge is 0.284 e. The van der Waals surface area contributed by atoms with Gasteiger partial charge < -0.3 is 9.07 Å². The van der Waals surface area contributed by atoms with Crippen LogP contribution in [-0.2, 0) is 4.65 Å². The molecule has 0 spiro atoms. The van der Waals surface area contributed by atoms with Crippen LogP contribution >= 0.6 is 0 Å². The lowest BCUT2D eigenvalue weighted by atomic mass is 9.23. The first-order chi connectivity index (χ1) is 11.4. The largest absolute Gasteiger partial charge is 0.436 e. The maximum atomic E-state index is 6.32. The zero-order valence-electron chi connectivity index (χ0n) is 14.5. The van der Waals surface area contributed by atoms with Crippen molar-refractivity contribution in [1.82, 2.24) is 9.97 Å². The van der Waals surface area contributed by atoms with Crippen molar-refractivity contribution in [1.29, 1.82) is 0 Å². The molecule has 1 aromatic carbocycles. The molecule has 0 bridgehead atoms. The van der Waals surface area contributed by atoms with E-state index in [1.807, 2.05) is 18.2 Å². The first-order valence-corrected chi connectivity index (χ1v) is 8.34. The summed E-state index contributed by atoms with van der Waals surface area (Å²) in [6.07, 6.45) is 3.50. The van der Waals surface area contributed by atoms with Crippen LogP contribution in [0.4, 0.5) is 0 Å². The topological polar surface area (TPSA) is 48.2 Å². The van der Waals surface area contributed by atoms with Crippen molar-refractivity contribution >= 4 is 30.5 Å². The maximum Gasteiger partial charge on any atom is 0.284 e. The molecular formula is C18H20B2N2O2. The molecule has 0 aliphatic carbocycles. The van der Waals surface area contributed by atoms with Crippen LogP contribution in [0.2, 0.25) is 5.31 Å². The zero-order valence-corrected chi connectivity index (χ0v) is 14.5. The summed E-state index contributed by atoms with van der Waals surface area (Å²) in [5.74, 6) is 0.600. The average molecular weight is 318 g/mol. The molecular weight excluding hydrogens is 298 g/mol. The highest BCUT2D eigenvalue weighted by Crippen LogP contribution is 2.45. The first-order valence-electron chi connectivity index (χ1n) is 8.34. The zero-order chi connectivity index (χ0) is 16.9. The summed E-state index contributed by atoms with van der Waals surface area (Å²) in [6.45, 7) is 8.96. The minimum atomic E-state index is -0.142. The molecule has 3 aromatic rings. The quantitative estimate of drug-likeness (QED) is 0.682. The van der Waals surface area contributed by atoms with Gasteiger partial charge in [0.2, 0.25) is 5.89 Å². The van der Waals surface area contributed by atoms with E-state index in [0.29, 0.717) is 5.89 Å². The predicted octanol–water partition coefficient (Wildman–Crippen LogP) is 3.03. The van der Waals surface area contributed by atoms with Crippen LogP contribution in [-0.4, -0.2) is 29.5 Å². The Morgan fingerprint density at radius 1 is 1.12 bits per heavy atom. The van der Waals surface area contributed by atoms with E-state index >= 15 is 0 Å². The van der Waals surface area contributed by atoms with Crippen LogP contribution in [0.1, 0.15) is 27.7 Å². The fraction of sp³-hybridized carbons (Fsp3) is 0.333. The Bertz CT molecular complexity index is 874. The summed E-state index contributed by atoms with van der Waals surface area (Å²) < 4.78 is 12.2. The van der Waals surface area contributed by atoms with Crippen molar-refractivity contribution in [2.75, 3.05) is 0 Å². The summed E-state index contributed by atoms with van der Waals surface area (Å²) in [5, 5.41) is 0.136. The Hall–Kier alpha value is -2.07. The minimum Gasteiger partial charge on any atom is -0.436 e. The summed E-state index contributed by atoms with van der Waals surface area (Å²) in [4.78, 5) is 8.75. The summed E-state index contributed by atoms with van der Waals surface area (Å²) in [7, 11) is 0.999. The van der Waals surface area contributed by atoms with Crippen LogP contribution in [0.25, 0.3) is 22.6 Å². The third-order valence-electron chi connectivity index (χ3n) is 5.45. The molecule has 120 valence electrons. The Kier molecular flexibility index (Phi) is 3.36. The summed E-state index contributed by atoms with van der Waals surface area (Å²) in [5.41, 5.74) is 3.55. The van der Waals surface area contributed by atoms with Crippen molar-refractivity contribution in [2.45, 2.75) is 38.6 Å². The van der Waals surface area contributed by atoms with Gasteiger partial charge in [-0.1, -0.05) is 25.4 Å². The normalized spacial score (nSPS) is 18.8. The Morgan fingerprint density at radius 2 is 1.96 bits per heavy atom. The molecule has 3 heterocycles. The van der Waals surface area contributed by atoms with Crippen LogP contribution in [0.3, 0.4) is 0 Å². The van der Waals surface area contributed by atoms with Gasteiger partial charge in [-0.25, -0.2) is 4.98 Å². The fourth-order valence-electron chi connectivity index (χ4n) is 3.21. The molecule has 0 radical (unpaired) electrons. The fourth-order valence-corrected chi connectivity index (χ4v) is 3.21. The van der Waals surface area contributed by atoms with Gasteiger partial charge in [0, 0.05) is 18.0 Å². The van der Waals surface area contributed by atoms with Crippen molar-refractivity contribution in [2.24, 2.45) is 0 Å². The van der Waals surface area contributed by atoms with E-state index in [-0.39, 0.29) is 17.7 Å². The standard InChI is InChI=1S/C18H20B2N2O2/c1-17(2)18(3,4)24-20(19-17)13-7-8-15-14(10-13)22-16(23-15)12-6-5-9-21-11-12/h5-11,19H,1-4H3. The number of rotatable bonds is 2. The molecule has 24 heavy (non-hydrogen) atoms. The Morgan fingerprint density at radius 3 is 2.62 bits per heavy atom. The second-order valence-corrected chi connectivity index (χ2v) is 7.69. The molecule has 0 amide bonds. The van der Waals surface area contributed by atoms with Crippen molar-refractivity contribution in [3.05, 3.63) is 42.7 Å². The highest BCUT2D eigenvalue weighted by atomic mass is 16.5. The number of hydrogen-bond donors (Lipinski definition) is 0. The first kappa shape index (κ1) is 15.5. The second-order valence-electron chi connectivity index (χ2n) is 7.69. The van der Waals surface area contributed by atoms with E-state index in [9.17, 15) is 0 Å². The van der Waals surface area contributed by atoms with Gasteiger partial charge in [-0.3, -0.25) is 4.98 Å². The lowest BCUT2D eigenvalue weighted by Gasteiger charge is -2.34. The van der Waals surface area contributed by atoms with Gasteiger partial charge in [0.05, 0.1) is 5.56 Å². The van der Waals surface area contributed by atoms with Gasteiger partial charge in [0.15, 0.2) is 5.58 Å². The number of benzene rings is 1. The SMILES string of the molecule is CC1(C)BB(c2ccc3oc(-c4cccnc4)nc3c2)OC1(C)C. The van der Waals surface area contributed by atoms with E-state index < -0.39 is 0 Å². The number of aromatic nitrogens is 2.